The van der Waals surface area contributed by atoms with Crippen molar-refractivity contribution in [2.24, 2.45) is 0 Å². The normalized spacial score (nSPS) is 12.4. The Bertz CT molecular complexity index is 1010. The summed E-state index contributed by atoms with van der Waals surface area (Å²) in [6.45, 7) is 0.312. The summed E-state index contributed by atoms with van der Waals surface area (Å²) in [7, 11) is 1.57. The zero-order valence-electron chi connectivity index (χ0n) is 15.8. The molecule has 2 aromatic heterocycles. The number of benzene rings is 1. The van der Waals surface area contributed by atoms with Crippen molar-refractivity contribution in [2.45, 2.75) is 24.6 Å². The van der Waals surface area contributed by atoms with Crippen molar-refractivity contribution < 1.29 is 18.7 Å². The lowest BCUT2D eigenvalue weighted by atomic mass is 10.2. The zero-order chi connectivity index (χ0) is 20.2. The van der Waals surface area contributed by atoms with Crippen LogP contribution in [0.1, 0.15) is 27.4 Å². The highest BCUT2D eigenvalue weighted by Crippen LogP contribution is 2.34. The van der Waals surface area contributed by atoms with Gasteiger partial charge in [0.05, 0.1) is 25.6 Å². The van der Waals surface area contributed by atoms with Crippen molar-refractivity contribution in [3.63, 3.8) is 0 Å². The molecule has 2 N–H and O–H groups in total. The molecule has 1 aromatic carbocycles. The van der Waals surface area contributed by atoms with E-state index in [1.807, 2.05) is 0 Å². The number of carbonyl (C=O) groups is 2. The number of ether oxygens (including phenoxy) is 1. The van der Waals surface area contributed by atoms with E-state index in [1.54, 1.807) is 66.2 Å². The number of furan rings is 1. The maximum Gasteiger partial charge on any atom is 0.256 e. The number of aromatic nitrogens is 2. The van der Waals surface area contributed by atoms with Gasteiger partial charge in [0, 0.05) is 22.6 Å². The summed E-state index contributed by atoms with van der Waals surface area (Å²) in [6.07, 6.45) is 1.56. The van der Waals surface area contributed by atoms with Gasteiger partial charge in [-0.05, 0) is 36.4 Å². The van der Waals surface area contributed by atoms with Gasteiger partial charge in [0.1, 0.15) is 23.9 Å². The number of thioether (sulfide) groups is 1. The van der Waals surface area contributed by atoms with Gasteiger partial charge in [0.15, 0.2) is 0 Å². The monoisotopic (exact) mass is 412 g/mol. The number of fused-ring (bicyclic) bond motifs is 1. The third-order valence-electron chi connectivity index (χ3n) is 4.54. The number of rotatable bonds is 7. The maximum absolute atomic E-state index is 12.7. The predicted molar refractivity (Wildman–Crippen MR) is 109 cm³/mol. The van der Waals surface area contributed by atoms with Gasteiger partial charge >= 0.3 is 0 Å². The molecule has 0 aliphatic carbocycles. The largest absolute Gasteiger partial charge is 0.497 e. The third kappa shape index (κ3) is 4.29. The van der Waals surface area contributed by atoms with Crippen molar-refractivity contribution in [3.8, 4) is 5.75 Å². The molecular formula is C20H20N4O4S. The van der Waals surface area contributed by atoms with Crippen LogP contribution in [0.4, 0.5) is 5.82 Å². The lowest BCUT2D eigenvalue weighted by Crippen LogP contribution is -2.28. The van der Waals surface area contributed by atoms with E-state index in [2.05, 4.69) is 15.7 Å². The van der Waals surface area contributed by atoms with Gasteiger partial charge < -0.3 is 19.8 Å². The summed E-state index contributed by atoms with van der Waals surface area (Å²) in [5.41, 5.74) is 2.37. The van der Waals surface area contributed by atoms with E-state index in [1.165, 1.54) is 0 Å². The standard InChI is InChI=1S/C20H20N4O4S/c1-27-14-6-4-13(5-7-14)20(26)22-19-16-11-29-12-17(16)23-24(19)10-18(25)21-9-15-3-2-8-28-15/h2-8H,9-12H2,1H3,(H,21,25)(H,22,26). The van der Waals surface area contributed by atoms with Crippen LogP contribution in [0.3, 0.4) is 0 Å². The molecule has 2 amide bonds. The lowest BCUT2D eigenvalue weighted by Gasteiger charge is -2.11. The summed E-state index contributed by atoms with van der Waals surface area (Å²) in [6, 6.07) is 10.4. The minimum absolute atomic E-state index is 0.0105. The van der Waals surface area contributed by atoms with E-state index in [4.69, 9.17) is 9.15 Å². The van der Waals surface area contributed by atoms with Crippen LogP contribution in [0, 0.1) is 0 Å². The van der Waals surface area contributed by atoms with Crippen molar-refractivity contribution in [1.82, 2.24) is 15.1 Å². The highest BCUT2D eigenvalue weighted by molar-refractivity contribution is 7.98. The molecule has 0 saturated carbocycles. The fourth-order valence-corrected chi connectivity index (χ4v) is 4.07. The molecule has 0 bridgehead atoms. The Morgan fingerprint density at radius 3 is 2.79 bits per heavy atom. The average Bonchev–Trinajstić information content (AvgIpc) is 3.46. The summed E-state index contributed by atoms with van der Waals surface area (Å²) in [5, 5.41) is 10.3. The van der Waals surface area contributed by atoms with E-state index in [0.717, 1.165) is 22.8 Å². The van der Waals surface area contributed by atoms with Gasteiger partial charge in [-0.3, -0.25) is 9.59 Å². The topological polar surface area (TPSA) is 98.4 Å². The number of methoxy groups -OCH3 is 1. The Morgan fingerprint density at radius 1 is 1.24 bits per heavy atom. The van der Waals surface area contributed by atoms with E-state index in [0.29, 0.717) is 29.4 Å². The van der Waals surface area contributed by atoms with Crippen LogP contribution in [-0.4, -0.2) is 28.7 Å². The Hall–Kier alpha value is -3.20. The van der Waals surface area contributed by atoms with Crippen LogP contribution in [0.15, 0.2) is 47.1 Å². The minimum atomic E-state index is -0.260. The van der Waals surface area contributed by atoms with Crippen LogP contribution in [0.5, 0.6) is 5.75 Å². The number of anilines is 1. The van der Waals surface area contributed by atoms with E-state index < -0.39 is 0 Å². The summed E-state index contributed by atoms with van der Waals surface area (Å²) in [5.74, 6) is 2.96. The molecule has 4 rings (SSSR count). The second kappa shape index (κ2) is 8.44. The summed E-state index contributed by atoms with van der Waals surface area (Å²) < 4.78 is 11.9. The Balaban J connectivity index is 1.48. The molecular weight excluding hydrogens is 392 g/mol. The Morgan fingerprint density at radius 2 is 2.07 bits per heavy atom. The molecule has 29 heavy (non-hydrogen) atoms. The maximum atomic E-state index is 12.7. The second-order valence-electron chi connectivity index (χ2n) is 6.46. The van der Waals surface area contributed by atoms with Crippen molar-refractivity contribution in [1.29, 1.82) is 0 Å². The quantitative estimate of drug-likeness (QED) is 0.619. The number of hydrogen-bond donors (Lipinski definition) is 2. The molecule has 3 heterocycles. The lowest BCUT2D eigenvalue weighted by molar-refractivity contribution is -0.122. The van der Waals surface area contributed by atoms with Gasteiger partial charge in [-0.25, -0.2) is 4.68 Å². The molecule has 0 atom stereocenters. The molecule has 8 nitrogen and oxygen atoms in total. The number of carbonyl (C=O) groups excluding carboxylic acids is 2. The van der Waals surface area contributed by atoms with Gasteiger partial charge in [-0.15, -0.1) is 0 Å². The van der Waals surface area contributed by atoms with Crippen LogP contribution in [0.25, 0.3) is 0 Å². The number of nitrogens with zero attached hydrogens (tertiary/aromatic N) is 2. The molecule has 1 aliphatic heterocycles. The van der Waals surface area contributed by atoms with Gasteiger partial charge in [0.25, 0.3) is 5.91 Å². The SMILES string of the molecule is COc1ccc(C(=O)Nc2c3c(nn2CC(=O)NCc2ccco2)CSC3)cc1. The van der Waals surface area contributed by atoms with Crippen molar-refractivity contribution in [2.75, 3.05) is 12.4 Å². The average molecular weight is 412 g/mol. The van der Waals surface area contributed by atoms with E-state index in [-0.39, 0.29) is 18.4 Å². The molecule has 0 spiro atoms. The molecule has 0 radical (unpaired) electrons. The smallest absolute Gasteiger partial charge is 0.256 e. The van der Waals surface area contributed by atoms with Crippen LogP contribution in [-0.2, 0) is 29.4 Å². The molecule has 0 fully saturated rings. The summed E-state index contributed by atoms with van der Waals surface area (Å²) >= 11 is 1.73. The first-order chi connectivity index (χ1) is 14.1. The van der Waals surface area contributed by atoms with E-state index in [9.17, 15) is 9.59 Å². The predicted octanol–water partition coefficient (Wildman–Crippen LogP) is 2.80. The highest BCUT2D eigenvalue weighted by atomic mass is 32.2. The number of nitrogens with one attached hydrogen (secondary N) is 2. The zero-order valence-corrected chi connectivity index (χ0v) is 16.6. The molecule has 0 saturated heterocycles. The van der Waals surface area contributed by atoms with Crippen LogP contribution < -0.4 is 15.4 Å². The van der Waals surface area contributed by atoms with Crippen LogP contribution in [0.2, 0.25) is 0 Å². The van der Waals surface area contributed by atoms with Gasteiger partial charge in [-0.1, -0.05) is 0 Å². The fourth-order valence-electron chi connectivity index (χ4n) is 3.03. The van der Waals surface area contributed by atoms with Crippen LogP contribution >= 0.6 is 11.8 Å². The first-order valence-corrected chi connectivity index (χ1v) is 10.2. The molecule has 3 aromatic rings. The molecule has 0 unspecified atom stereocenters. The molecule has 150 valence electrons. The van der Waals surface area contributed by atoms with Crippen molar-refractivity contribution >= 4 is 29.4 Å². The highest BCUT2D eigenvalue weighted by Gasteiger charge is 2.25. The molecule has 9 heteroatoms. The van der Waals surface area contributed by atoms with Gasteiger partial charge in [0.2, 0.25) is 5.91 Å². The van der Waals surface area contributed by atoms with Crippen molar-refractivity contribution in [3.05, 3.63) is 65.2 Å². The Kier molecular flexibility index (Phi) is 5.57. The number of amides is 2. The first-order valence-electron chi connectivity index (χ1n) is 9.05. The third-order valence-corrected chi connectivity index (χ3v) is 5.51. The minimum Gasteiger partial charge on any atom is -0.497 e. The summed E-state index contributed by atoms with van der Waals surface area (Å²) in [4.78, 5) is 25.1. The molecule has 1 aliphatic rings. The fraction of sp³-hybridized carbons (Fsp3) is 0.250. The van der Waals surface area contributed by atoms with E-state index >= 15 is 0 Å². The number of hydrogen-bond acceptors (Lipinski definition) is 6. The van der Waals surface area contributed by atoms with Gasteiger partial charge in [-0.2, -0.15) is 16.9 Å². The second-order valence-corrected chi connectivity index (χ2v) is 7.45. The Labute approximate surface area is 171 Å². The first kappa shape index (κ1) is 19.1.